The van der Waals surface area contributed by atoms with Crippen molar-refractivity contribution in [2.24, 2.45) is 0 Å². The van der Waals surface area contributed by atoms with Gasteiger partial charge in [0.1, 0.15) is 6.61 Å². The zero-order valence-corrected chi connectivity index (χ0v) is 11.0. The van der Waals surface area contributed by atoms with Crippen LogP contribution in [0.1, 0.15) is 5.56 Å². The van der Waals surface area contributed by atoms with Crippen LogP contribution in [0, 0.1) is 0 Å². The summed E-state index contributed by atoms with van der Waals surface area (Å²) in [6.07, 6.45) is 0.732. The first-order valence-electron chi connectivity index (χ1n) is 5.67. The lowest BCUT2D eigenvalue weighted by atomic mass is 10.1. The van der Waals surface area contributed by atoms with Gasteiger partial charge >= 0.3 is 0 Å². The molecule has 0 fully saturated rings. The van der Waals surface area contributed by atoms with Crippen LogP contribution in [0.25, 0.3) is 0 Å². The number of hydrogen-bond acceptors (Lipinski definition) is 4. The lowest BCUT2D eigenvalue weighted by Crippen LogP contribution is -2.28. The van der Waals surface area contributed by atoms with Gasteiger partial charge < -0.3 is 19.5 Å². The fourth-order valence-electron chi connectivity index (χ4n) is 1.56. The van der Waals surface area contributed by atoms with Crippen molar-refractivity contribution in [3.05, 3.63) is 23.8 Å². The Balaban J connectivity index is 2.50. The summed E-state index contributed by atoms with van der Waals surface area (Å²) in [5, 5.41) is 2.76. The van der Waals surface area contributed by atoms with E-state index in [1.165, 1.54) is 7.11 Å². The molecule has 0 spiro atoms. The highest BCUT2D eigenvalue weighted by atomic mass is 16.5. The number of carbonyl (C=O) groups is 1. The molecule has 0 heterocycles. The van der Waals surface area contributed by atoms with Crippen LogP contribution >= 0.6 is 0 Å². The van der Waals surface area contributed by atoms with E-state index in [4.69, 9.17) is 14.2 Å². The number of amides is 1. The van der Waals surface area contributed by atoms with Gasteiger partial charge in [-0.3, -0.25) is 4.79 Å². The molecule has 5 heteroatoms. The van der Waals surface area contributed by atoms with Crippen molar-refractivity contribution in [1.29, 1.82) is 0 Å². The predicted octanol–water partition coefficient (Wildman–Crippen LogP) is 1.01. The second kappa shape index (κ2) is 7.55. The van der Waals surface area contributed by atoms with Gasteiger partial charge in [-0.1, -0.05) is 6.07 Å². The summed E-state index contributed by atoms with van der Waals surface area (Å²) in [7, 11) is 4.69. The van der Waals surface area contributed by atoms with Gasteiger partial charge in [0.25, 0.3) is 0 Å². The molecular weight excluding hydrogens is 234 g/mol. The van der Waals surface area contributed by atoms with Gasteiger partial charge in [0.05, 0.1) is 14.2 Å². The molecule has 1 aromatic carbocycles. The molecule has 1 N–H and O–H groups in total. The number of nitrogens with one attached hydrogen (secondary N) is 1. The minimum atomic E-state index is -0.113. The third-order valence-electron chi connectivity index (χ3n) is 2.46. The summed E-state index contributed by atoms with van der Waals surface area (Å²) >= 11 is 0. The molecule has 0 unspecified atom stereocenters. The summed E-state index contributed by atoms with van der Waals surface area (Å²) in [6, 6.07) is 5.70. The minimum absolute atomic E-state index is 0.0892. The highest BCUT2D eigenvalue weighted by Gasteiger charge is 2.05. The monoisotopic (exact) mass is 253 g/mol. The zero-order chi connectivity index (χ0) is 13.4. The number of methoxy groups -OCH3 is 3. The summed E-state index contributed by atoms with van der Waals surface area (Å²) in [5.41, 5.74) is 1.07. The van der Waals surface area contributed by atoms with Crippen molar-refractivity contribution in [3.63, 3.8) is 0 Å². The van der Waals surface area contributed by atoms with E-state index in [0.29, 0.717) is 18.0 Å². The smallest absolute Gasteiger partial charge is 0.245 e. The molecule has 0 aliphatic heterocycles. The van der Waals surface area contributed by atoms with Gasteiger partial charge in [-0.2, -0.15) is 0 Å². The third-order valence-corrected chi connectivity index (χ3v) is 2.46. The number of carbonyl (C=O) groups excluding carboxylic acids is 1. The van der Waals surface area contributed by atoms with Crippen LogP contribution in [0.15, 0.2) is 18.2 Å². The Labute approximate surface area is 107 Å². The quantitative estimate of drug-likeness (QED) is 0.788. The standard InChI is InChI=1S/C13H19NO4/c1-16-9-13(15)14-7-6-10-4-5-11(17-2)12(8-10)18-3/h4-5,8H,6-7,9H2,1-3H3,(H,14,15). The summed E-state index contributed by atoms with van der Waals surface area (Å²) in [6.45, 7) is 0.656. The summed E-state index contributed by atoms with van der Waals surface area (Å²) < 4.78 is 15.1. The van der Waals surface area contributed by atoms with E-state index in [0.717, 1.165) is 12.0 Å². The molecule has 0 bridgehead atoms. The van der Waals surface area contributed by atoms with Gasteiger partial charge in [0, 0.05) is 13.7 Å². The Bertz CT molecular complexity index is 393. The summed E-state index contributed by atoms with van der Waals surface area (Å²) in [5.74, 6) is 1.28. The maximum absolute atomic E-state index is 11.2. The van der Waals surface area contributed by atoms with Crippen LogP contribution in [-0.4, -0.2) is 40.4 Å². The normalized spacial score (nSPS) is 9.94. The topological polar surface area (TPSA) is 56.8 Å². The Morgan fingerprint density at radius 1 is 1.17 bits per heavy atom. The Morgan fingerprint density at radius 3 is 2.50 bits per heavy atom. The molecule has 0 aliphatic carbocycles. The Morgan fingerprint density at radius 2 is 1.89 bits per heavy atom. The molecule has 1 aromatic rings. The van der Waals surface area contributed by atoms with Crippen molar-refractivity contribution in [2.75, 3.05) is 34.5 Å². The molecule has 100 valence electrons. The maximum atomic E-state index is 11.2. The highest BCUT2D eigenvalue weighted by Crippen LogP contribution is 2.27. The number of ether oxygens (including phenoxy) is 3. The molecule has 5 nitrogen and oxygen atoms in total. The lowest BCUT2D eigenvalue weighted by molar-refractivity contribution is -0.124. The van der Waals surface area contributed by atoms with Crippen LogP contribution in [0.4, 0.5) is 0 Å². The van der Waals surface area contributed by atoms with Crippen LogP contribution in [0.3, 0.4) is 0 Å². The Kier molecular flexibility index (Phi) is 6.00. The molecule has 0 aromatic heterocycles. The van der Waals surface area contributed by atoms with Gasteiger partial charge in [-0.05, 0) is 24.1 Å². The van der Waals surface area contributed by atoms with Crippen molar-refractivity contribution in [1.82, 2.24) is 5.32 Å². The van der Waals surface area contributed by atoms with Gasteiger partial charge in [0.15, 0.2) is 11.5 Å². The average molecular weight is 253 g/mol. The molecule has 18 heavy (non-hydrogen) atoms. The second-order valence-corrected chi connectivity index (χ2v) is 3.72. The van der Waals surface area contributed by atoms with Gasteiger partial charge in [0.2, 0.25) is 5.91 Å². The van der Waals surface area contributed by atoms with Crippen molar-refractivity contribution < 1.29 is 19.0 Å². The predicted molar refractivity (Wildman–Crippen MR) is 68.1 cm³/mol. The lowest BCUT2D eigenvalue weighted by Gasteiger charge is -2.10. The first kappa shape index (κ1) is 14.3. The molecule has 0 atom stereocenters. The maximum Gasteiger partial charge on any atom is 0.245 e. The molecule has 0 saturated heterocycles. The number of rotatable bonds is 7. The molecule has 0 radical (unpaired) electrons. The highest BCUT2D eigenvalue weighted by molar-refractivity contribution is 5.77. The van der Waals surface area contributed by atoms with Crippen LogP contribution in [0.5, 0.6) is 11.5 Å². The van der Waals surface area contributed by atoms with E-state index < -0.39 is 0 Å². The van der Waals surface area contributed by atoms with Crippen molar-refractivity contribution in [3.8, 4) is 11.5 Å². The molecule has 1 amide bonds. The molecular formula is C13H19NO4. The SMILES string of the molecule is COCC(=O)NCCc1ccc(OC)c(OC)c1. The van der Waals surface area contributed by atoms with Gasteiger partial charge in [-0.25, -0.2) is 0 Å². The minimum Gasteiger partial charge on any atom is -0.493 e. The molecule has 1 rings (SSSR count). The number of benzene rings is 1. The first-order chi connectivity index (χ1) is 8.71. The van der Waals surface area contributed by atoms with Crippen LogP contribution in [0.2, 0.25) is 0 Å². The van der Waals surface area contributed by atoms with E-state index in [2.05, 4.69) is 5.32 Å². The molecule has 0 aliphatic rings. The summed E-state index contributed by atoms with van der Waals surface area (Å²) in [4.78, 5) is 11.2. The van der Waals surface area contributed by atoms with E-state index in [9.17, 15) is 4.79 Å². The fourth-order valence-corrected chi connectivity index (χ4v) is 1.56. The largest absolute Gasteiger partial charge is 0.493 e. The van der Waals surface area contributed by atoms with E-state index in [-0.39, 0.29) is 12.5 Å². The van der Waals surface area contributed by atoms with Crippen LogP contribution in [-0.2, 0) is 16.0 Å². The number of hydrogen-bond donors (Lipinski definition) is 1. The second-order valence-electron chi connectivity index (χ2n) is 3.72. The van der Waals surface area contributed by atoms with Crippen molar-refractivity contribution >= 4 is 5.91 Å². The molecule has 0 saturated carbocycles. The third kappa shape index (κ3) is 4.25. The Hall–Kier alpha value is -1.75. The first-order valence-corrected chi connectivity index (χ1v) is 5.67. The average Bonchev–Trinajstić information content (AvgIpc) is 2.38. The van der Waals surface area contributed by atoms with E-state index in [1.807, 2.05) is 18.2 Å². The van der Waals surface area contributed by atoms with E-state index in [1.54, 1.807) is 14.2 Å². The fraction of sp³-hybridized carbons (Fsp3) is 0.462. The zero-order valence-electron chi connectivity index (χ0n) is 11.0. The van der Waals surface area contributed by atoms with Crippen LogP contribution < -0.4 is 14.8 Å². The van der Waals surface area contributed by atoms with E-state index >= 15 is 0 Å². The van der Waals surface area contributed by atoms with Crippen molar-refractivity contribution in [2.45, 2.75) is 6.42 Å². The van der Waals surface area contributed by atoms with Gasteiger partial charge in [-0.15, -0.1) is 0 Å².